The summed E-state index contributed by atoms with van der Waals surface area (Å²) >= 11 is 0. The number of aromatic nitrogens is 2. The molecule has 2 rings (SSSR count). The first-order valence-electron chi connectivity index (χ1n) is 6.68. The average Bonchev–Trinajstić information content (AvgIpc) is 2.96. The van der Waals surface area contributed by atoms with Gasteiger partial charge in [-0.25, -0.2) is 4.79 Å². The zero-order chi connectivity index (χ0) is 15.9. The lowest BCUT2D eigenvalue weighted by atomic mass is 10.1. The number of amides is 1. The summed E-state index contributed by atoms with van der Waals surface area (Å²) in [5, 5.41) is 27.8. The molecule has 0 saturated carbocycles. The van der Waals surface area contributed by atoms with Crippen LogP contribution in [-0.4, -0.2) is 40.2 Å². The van der Waals surface area contributed by atoms with Crippen molar-refractivity contribution in [3.05, 3.63) is 41.6 Å². The van der Waals surface area contributed by atoms with Gasteiger partial charge in [0.2, 0.25) is 11.8 Å². The van der Waals surface area contributed by atoms with E-state index in [9.17, 15) is 4.79 Å². The van der Waals surface area contributed by atoms with Crippen molar-refractivity contribution < 1.29 is 24.2 Å². The number of nitrogens with zero attached hydrogens (tertiary/aromatic N) is 2. The average molecular weight is 307 g/mol. The quantitative estimate of drug-likeness (QED) is 0.702. The lowest BCUT2D eigenvalue weighted by molar-refractivity contribution is 0.187. The van der Waals surface area contributed by atoms with Crippen LogP contribution in [0.5, 0.6) is 5.75 Å². The van der Waals surface area contributed by atoms with Crippen molar-refractivity contribution in [1.82, 2.24) is 15.5 Å². The van der Waals surface area contributed by atoms with Crippen LogP contribution in [-0.2, 0) is 12.8 Å². The maximum Gasteiger partial charge on any atom is 0.405 e. The van der Waals surface area contributed by atoms with Crippen LogP contribution in [0, 0.1) is 0 Å². The molecule has 1 amide bonds. The Morgan fingerprint density at radius 2 is 2.09 bits per heavy atom. The molecule has 0 spiro atoms. The second-order valence-corrected chi connectivity index (χ2v) is 4.56. The number of carboxylic acid groups (broad SMARTS) is 1. The van der Waals surface area contributed by atoms with Crippen LogP contribution in [0.2, 0.25) is 0 Å². The molecule has 0 bridgehead atoms. The minimum absolute atomic E-state index is 0.114. The molecule has 0 saturated heterocycles. The molecule has 0 aliphatic rings. The fraction of sp³-hybridized carbons (Fsp3) is 0.357. The first-order chi connectivity index (χ1) is 10.6. The van der Waals surface area contributed by atoms with Gasteiger partial charge >= 0.3 is 6.09 Å². The standard InChI is InChI=1S/C14H17N3O5/c1-21-10-4-2-9(3-5-10)8-11(15-14(19)20)13-17-16-12(22-13)6-7-18/h2-5,11,15,18H,6-8H2,1H3,(H,19,20)/t11-/m0/s1. The predicted molar refractivity (Wildman–Crippen MR) is 75.7 cm³/mol. The molecule has 3 N–H and O–H groups in total. The van der Waals surface area contributed by atoms with Crippen LogP contribution in [0.4, 0.5) is 4.79 Å². The summed E-state index contributed by atoms with van der Waals surface area (Å²) in [5.41, 5.74) is 0.890. The second-order valence-electron chi connectivity index (χ2n) is 4.56. The molecule has 0 unspecified atom stereocenters. The fourth-order valence-electron chi connectivity index (χ4n) is 1.95. The number of ether oxygens (including phenoxy) is 1. The third-order valence-electron chi connectivity index (χ3n) is 3.00. The van der Waals surface area contributed by atoms with E-state index in [1.807, 2.05) is 12.1 Å². The molecule has 0 aliphatic heterocycles. The van der Waals surface area contributed by atoms with Gasteiger partial charge in [-0.3, -0.25) is 0 Å². The van der Waals surface area contributed by atoms with Gasteiger partial charge in [0.1, 0.15) is 11.8 Å². The van der Waals surface area contributed by atoms with Gasteiger partial charge in [0.05, 0.1) is 13.7 Å². The number of methoxy groups -OCH3 is 1. The Kier molecular flexibility index (Phi) is 5.31. The Balaban J connectivity index is 2.15. The highest BCUT2D eigenvalue weighted by Gasteiger charge is 2.21. The highest BCUT2D eigenvalue weighted by molar-refractivity contribution is 5.65. The molecule has 0 fully saturated rings. The molecule has 0 aliphatic carbocycles. The Bertz CT molecular complexity index is 611. The van der Waals surface area contributed by atoms with Gasteiger partial charge in [-0.15, -0.1) is 10.2 Å². The van der Waals surface area contributed by atoms with Crippen molar-refractivity contribution in [2.45, 2.75) is 18.9 Å². The van der Waals surface area contributed by atoms with E-state index in [1.54, 1.807) is 19.2 Å². The van der Waals surface area contributed by atoms with Crippen LogP contribution in [0.3, 0.4) is 0 Å². The minimum Gasteiger partial charge on any atom is -0.497 e. The fourth-order valence-corrected chi connectivity index (χ4v) is 1.95. The van der Waals surface area contributed by atoms with Crippen molar-refractivity contribution in [3.8, 4) is 5.75 Å². The number of aliphatic hydroxyl groups is 1. The molecule has 1 aromatic heterocycles. The zero-order valence-corrected chi connectivity index (χ0v) is 12.0. The van der Waals surface area contributed by atoms with E-state index >= 15 is 0 Å². The summed E-state index contributed by atoms with van der Waals surface area (Å²) in [6.45, 7) is -0.114. The zero-order valence-electron chi connectivity index (χ0n) is 12.0. The molecular formula is C14H17N3O5. The Morgan fingerprint density at radius 3 is 2.68 bits per heavy atom. The maximum atomic E-state index is 10.9. The van der Waals surface area contributed by atoms with Crippen LogP contribution < -0.4 is 10.1 Å². The number of nitrogens with one attached hydrogen (secondary N) is 1. The topological polar surface area (TPSA) is 118 Å². The lowest BCUT2D eigenvalue weighted by Crippen LogP contribution is -2.28. The van der Waals surface area contributed by atoms with E-state index in [0.717, 1.165) is 11.3 Å². The molecule has 1 aromatic carbocycles. The second kappa shape index (κ2) is 7.41. The lowest BCUT2D eigenvalue weighted by Gasteiger charge is -2.13. The third-order valence-corrected chi connectivity index (χ3v) is 3.00. The van der Waals surface area contributed by atoms with Crippen molar-refractivity contribution in [2.24, 2.45) is 0 Å². The van der Waals surface area contributed by atoms with Gasteiger partial charge in [-0.1, -0.05) is 12.1 Å². The maximum absolute atomic E-state index is 10.9. The summed E-state index contributed by atoms with van der Waals surface area (Å²) in [6, 6.07) is 6.59. The van der Waals surface area contributed by atoms with Gasteiger partial charge in [0, 0.05) is 12.8 Å². The van der Waals surface area contributed by atoms with E-state index in [2.05, 4.69) is 15.5 Å². The van der Waals surface area contributed by atoms with E-state index in [0.29, 0.717) is 6.42 Å². The van der Waals surface area contributed by atoms with E-state index in [-0.39, 0.29) is 24.8 Å². The Hall–Kier alpha value is -2.61. The van der Waals surface area contributed by atoms with E-state index < -0.39 is 12.1 Å². The first-order valence-corrected chi connectivity index (χ1v) is 6.68. The van der Waals surface area contributed by atoms with Crippen molar-refractivity contribution >= 4 is 6.09 Å². The number of rotatable bonds is 7. The van der Waals surface area contributed by atoms with Crippen LogP contribution in [0.1, 0.15) is 23.4 Å². The van der Waals surface area contributed by atoms with Crippen LogP contribution >= 0.6 is 0 Å². The first kappa shape index (κ1) is 15.8. The molecule has 1 atom stereocenters. The van der Waals surface area contributed by atoms with E-state index in [4.69, 9.17) is 19.4 Å². The predicted octanol–water partition coefficient (Wildman–Crippen LogP) is 1.16. The molecule has 118 valence electrons. The molecular weight excluding hydrogens is 290 g/mol. The third kappa shape index (κ3) is 4.19. The molecule has 8 nitrogen and oxygen atoms in total. The van der Waals surface area contributed by atoms with Crippen molar-refractivity contribution in [3.63, 3.8) is 0 Å². The Labute approximate surface area is 126 Å². The molecule has 1 heterocycles. The van der Waals surface area contributed by atoms with Gasteiger partial charge in [0.25, 0.3) is 0 Å². The minimum atomic E-state index is -1.18. The van der Waals surface area contributed by atoms with Gasteiger partial charge < -0.3 is 24.7 Å². The summed E-state index contributed by atoms with van der Waals surface area (Å²) in [5.74, 6) is 1.15. The number of carbonyl (C=O) groups is 1. The van der Waals surface area contributed by atoms with Crippen molar-refractivity contribution in [1.29, 1.82) is 0 Å². The summed E-state index contributed by atoms with van der Waals surface area (Å²) in [6.07, 6.45) is -0.591. The van der Waals surface area contributed by atoms with Crippen LogP contribution in [0.25, 0.3) is 0 Å². The SMILES string of the molecule is COc1ccc(C[C@H](NC(=O)O)c2nnc(CCO)o2)cc1. The molecule has 2 aromatic rings. The normalized spacial score (nSPS) is 11.9. The molecule has 0 radical (unpaired) electrons. The smallest absolute Gasteiger partial charge is 0.405 e. The van der Waals surface area contributed by atoms with Gasteiger partial charge in [-0.2, -0.15) is 0 Å². The Morgan fingerprint density at radius 1 is 1.36 bits per heavy atom. The monoisotopic (exact) mass is 307 g/mol. The highest BCUT2D eigenvalue weighted by atomic mass is 16.5. The number of hydrogen-bond donors (Lipinski definition) is 3. The van der Waals surface area contributed by atoms with Gasteiger partial charge in [-0.05, 0) is 17.7 Å². The number of benzene rings is 1. The summed E-state index contributed by atoms with van der Waals surface area (Å²) < 4.78 is 10.5. The highest BCUT2D eigenvalue weighted by Crippen LogP contribution is 2.20. The van der Waals surface area contributed by atoms with Crippen molar-refractivity contribution in [2.75, 3.05) is 13.7 Å². The largest absolute Gasteiger partial charge is 0.497 e. The summed E-state index contributed by atoms with van der Waals surface area (Å²) in [7, 11) is 1.57. The molecule has 8 heteroatoms. The van der Waals surface area contributed by atoms with Gasteiger partial charge in [0.15, 0.2) is 0 Å². The summed E-state index contributed by atoms with van der Waals surface area (Å²) in [4.78, 5) is 10.9. The van der Waals surface area contributed by atoms with Crippen LogP contribution in [0.15, 0.2) is 28.7 Å². The molecule has 22 heavy (non-hydrogen) atoms. The number of hydrogen-bond acceptors (Lipinski definition) is 6. The van der Waals surface area contributed by atoms with E-state index in [1.165, 1.54) is 0 Å². The number of aliphatic hydroxyl groups excluding tert-OH is 1.